The first-order valence-electron chi connectivity index (χ1n) is 9.82. The van der Waals surface area contributed by atoms with E-state index >= 15 is 0 Å². The molecule has 3 aliphatic rings. The lowest BCUT2D eigenvalue weighted by Gasteiger charge is -2.44. The van der Waals surface area contributed by atoms with E-state index in [1.54, 1.807) is 24.3 Å². The van der Waals surface area contributed by atoms with Gasteiger partial charge in [0, 0.05) is 17.8 Å². The molecule has 2 fully saturated rings. The number of anilines is 1. The fourth-order valence-electron chi connectivity index (χ4n) is 6.03. The van der Waals surface area contributed by atoms with Gasteiger partial charge in [-0.1, -0.05) is 12.1 Å². The van der Waals surface area contributed by atoms with Crippen LogP contribution in [-0.2, 0) is 0 Å². The summed E-state index contributed by atoms with van der Waals surface area (Å²) in [4.78, 5) is 22.3. The van der Waals surface area contributed by atoms with E-state index in [4.69, 9.17) is 0 Å². The van der Waals surface area contributed by atoms with Crippen LogP contribution < -0.4 is 5.32 Å². The molecule has 0 radical (unpaired) electrons. The van der Waals surface area contributed by atoms with Gasteiger partial charge in [0.05, 0.1) is 16.5 Å². The minimum atomic E-state index is -0.922. The standard InChI is InChI=1S/C22H22N2O4/c1-11-8-16(24(27)28)10-17-18-14-6-7-15(9-14)19(18)21(23-20(11)17)12-2-4-13(5-3-12)22(25)26/h2-5,8,10,14-15,18-19,21,23H,6-7,9H2,1H3,(H,25,26)/t14-,15-,18-,19+,21+/m0/s1. The summed E-state index contributed by atoms with van der Waals surface area (Å²) in [7, 11) is 0. The number of nitrogens with zero attached hydrogens (tertiary/aromatic N) is 1. The second-order valence-corrected chi connectivity index (χ2v) is 8.47. The van der Waals surface area contributed by atoms with Crippen LogP contribution in [0.25, 0.3) is 0 Å². The first-order chi connectivity index (χ1) is 13.4. The molecule has 2 saturated carbocycles. The maximum absolute atomic E-state index is 11.4. The largest absolute Gasteiger partial charge is 0.478 e. The minimum Gasteiger partial charge on any atom is -0.478 e. The fraction of sp³-hybridized carbons (Fsp3) is 0.409. The van der Waals surface area contributed by atoms with Crippen molar-refractivity contribution in [2.75, 3.05) is 5.32 Å². The maximum Gasteiger partial charge on any atom is 0.335 e. The topological polar surface area (TPSA) is 92.5 Å². The lowest BCUT2D eigenvalue weighted by Crippen LogP contribution is -2.35. The molecular formula is C22H22N2O4. The molecule has 1 heterocycles. The summed E-state index contributed by atoms with van der Waals surface area (Å²) in [6.45, 7) is 1.93. The number of nitro benzene ring substituents is 1. The first-order valence-corrected chi connectivity index (χ1v) is 9.82. The Labute approximate surface area is 162 Å². The summed E-state index contributed by atoms with van der Waals surface area (Å²) in [6, 6.07) is 10.7. The lowest BCUT2D eigenvalue weighted by molar-refractivity contribution is -0.385. The summed E-state index contributed by atoms with van der Waals surface area (Å²) in [6.07, 6.45) is 3.58. The smallest absolute Gasteiger partial charge is 0.335 e. The zero-order valence-corrected chi connectivity index (χ0v) is 15.6. The fourth-order valence-corrected chi connectivity index (χ4v) is 6.03. The van der Waals surface area contributed by atoms with E-state index in [0.29, 0.717) is 23.7 Å². The molecule has 2 N–H and O–H groups in total. The Balaban J connectivity index is 1.62. The first kappa shape index (κ1) is 17.2. The van der Waals surface area contributed by atoms with Crippen molar-refractivity contribution < 1.29 is 14.8 Å². The van der Waals surface area contributed by atoms with E-state index in [0.717, 1.165) is 22.4 Å². The molecule has 1 aliphatic heterocycles. The highest BCUT2D eigenvalue weighted by atomic mass is 16.6. The van der Waals surface area contributed by atoms with Gasteiger partial charge in [0.1, 0.15) is 0 Å². The number of fused-ring (bicyclic) bond motifs is 7. The van der Waals surface area contributed by atoms with Gasteiger partial charge < -0.3 is 10.4 Å². The van der Waals surface area contributed by atoms with Crippen LogP contribution in [0.3, 0.4) is 0 Å². The number of non-ortho nitro benzene ring substituents is 1. The number of aryl methyl sites for hydroxylation is 1. The van der Waals surface area contributed by atoms with E-state index in [9.17, 15) is 20.0 Å². The van der Waals surface area contributed by atoms with Gasteiger partial charge >= 0.3 is 5.97 Å². The van der Waals surface area contributed by atoms with Gasteiger partial charge in [0.25, 0.3) is 5.69 Å². The molecule has 2 aromatic carbocycles. The van der Waals surface area contributed by atoms with Gasteiger partial charge in [-0.2, -0.15) is 0 Å². The number of nitro groups is 1. The van der Waals surface area contributed by atoms with Gasteiger partial charge in [0.2, 0.25) is 0 Å². The van der Waals surface area contributed by atoms with Crippen LogP contribution in [-0.4, -0.2) is 16.0 Å². The molecule has 6 heteroatoms. The summed E-state index contributed by atoms with van der Waals surface area (Å²) in [5, 5.41) is 24.3. The Hall–Kier alpha value is -2.89. The SMILES string of the molecule is Cc1cc([N+](=O)[O-])cc2c1N[C@H](c1ccc(C(=O)O)cc1)[C@@H]1[C@H]3CC[C@@H](C3)[C@@H]21. The summed E-state index contributed by atoms with van der Waals surface area (Å²) < 4.78 is 0. The van der Waals surface area contributed by atoms with Crippen LogP contribution in [0, 0.1) is 34.8 Å². The molecule has 2 bridgehead atoms. The Bertz CT molecular complexity index is 985. The van der Waals surface area contributed by atoms with Crippen molar-refractivity contribution in [1.82, 2.24) is 0 Å². The quantitative estimate of drug-likeness (QED) is 0.585. The van der Waals surface area contributed by atoms with Crippen molar-refractivity contribution in [3.63, 3.8) is 0 Å². The number of rotatable bonds is 3. The van der Waals surface area contributed by atoms with E-state index < -0.39 is 5.97 Å². The van der Waals surface area contributed by atoms with Gasteiger partial charge in [-0.05, 0) is 78.7 Å². The van der Waals surface area contributed by atoms with Crippen LogP contribution in [0.2, 0.25) is 0 Å². The maximum atomic E-state index is 11.4. The third kappa shape index (κ3) is 2.44. The number of carboxylic acid groups (broad SMARTS) is 1. The Morgan fingerprint density at radius 3 is 2.57 bits per heavy atom. The average molecular weight is 378 g/mol. The predicted molar refractivity (Wildman–Crippen MR) is 105 cm³/mol. The van der Waals surface area contributed by atoms with E-state index in [1.165, 1.54) is 19.3 Å². The zero-order chi connectivity index (χ0) is 19.6. The average Bonchev–Trinajstić information content (AvgIpc) is 3.30. The van der Waals surface area contributed by atoms with Crippen molar-refractivity contribution in [3.05, 3.63) is 68.8 Å². The number of benzene rings is 2. The molecule has 144 valence electrons. The molecule has 0 unspecified atom stereocenters. The molecule has 0 aromatic heterocycles. The van der Waals surface area contributed by atoms with Crippen LogP contribution in [0.1, 0.15) is 58.3 Å². The van der Waals surface area contributed by atoms with Gasteiger partial charge in [-0.3, -0.25) is 10.1 Å². The van der Waals surface area contributed by atoms with Crippen molar-refractivity contribution in [2.45, 2.75) is 38.1 Å². The third-order valence-electron chi connectivity index (χ3n) is 7.10. The molecule has 2 aliphatic carbocycles. The van der Waals surface area contributed by atoms with E-state index in [1.807, 2.05) is 19.1 Å². The number of carboxylic acids is 1. The number of nitrogens with one attached hydrogen (secondary N) is 1. The van der Waals surface area contributed by atoms with Crippen molar-refractivity contribution >= 4 is 17.3 Å². The van der Waals surface area contributed by atoms with Gasteiger partial charge in [-0.25, -0.2) is 4.79 Å². The van der Waals surface area contributed by atoms with Gasteiger partial charge in [0.15, 0.2) is 0 Å². The van der Waals surface area contributed by atoms with Crippen molar-refractivity contribution in [3.8, 4) is 0 Å². The normalized spacial score (nSPS) is 29.7. The monoisotopic (exact) mass is 378 g/mol. The molecule has 28 heavy (non-hydrogen) atoms. The molecular weight excluding hydrogens is 356 g/mol. The van der Waals surface area contributed by atoms with Crippen LogP contribution in [0.5, 0.6) is 0 Å². The third-order valence-corrected chi connectivity index (χ3v) is 7.10. The molecule has 5 atom stereocenters. The number of aromatic carboxylic acids is 1. The molecule has 6 nitrogen and oxygen atoms in total. The van der Waals surface area contributed by atoms with E-state index in [2.05, 4.69) is 5.32 Å². The van der Waals surface area contributed by atoms with Crippen molar-refractivity contribution in [2.24, 2.45) is 17.8 Å². The molecule has 0 saturated heterocycles. The highest BCUT2D eigenvalue weighted by Gasteiger charge is 2.54. The lowest BCUT2D eigenvalue weighted by atomic mass is 9.67. The second kappa shape index (κ2) is 6.06. The van der Waals surface area contributed by atoms with Crippen LogP contribution in [0.4, 0.5) is 11.4 Å². The molecule has 0 spiro atoms. The number of hydrogen-bond donors (Lipinski definition) is 2. The summed E-state index contributed by atoms with van der Waals surface area (Å²) in [5.41, 5.74) is 4.57. The predicted octanol–water partition coefficient (Wildman–Crippen LogP) is 4.90. The molecule has 5 rings (SSSR count). The Morgan fingerprint density at radius 1 is 1.18 bits per heavy atom. The minimum absolute atomic E-state index is 0.107. The van der Waals surface area contributed by atoms with Gasteiger partial charge in [-0.15, -0.1) is 0 Å². The highest BCUT2D eigenvalue weighted by molar-refractivity contribution is 5.87. The Kier molecular flexibility index (Phi) is 3.73. The Morgan fingerprint density at radius 2 is 1.89 bits per heavy atom. The zero-order valence-electron chi connectivity index (χ0n) is 15.6. The molecule has 0 amide bonds. The van der Waals surface area contributed by atoms with Crippen LogP contribution in [0.15, 0.2) is 36.4 Å². The van der Waals surface area contributed by atoms with E-state index in [-0.39, 0.29) is 22.2 Å². The summed E-state index contributed by atoms with van der Waals surface area (Å²) >= 11 is 0. The highest BCUT2D eigenvalue weighted by Crippen LogP contribution is 2.64. The van der Waals surface area contributed by atoms with Crippen molar-refractivity contribution in [1.29, 1.82) is 0 Å². The summed E-state index contributed by atoms with van der Waals surface area (Å²) in [5.74, 6) is 0.993. The van der Waals surface area contributed by atoms with Crippen LogP contribution >= 0.6 is 0 Å². The second-order valence-electron chi connectivity index (χ2n) is 8.47. The molecule has 2 aromatic rings. The number of hydrogen-bond acceptors (Lipinski definition) is 4. The number of carbonyl (C=O) groups is 1.